The zero-order valence-corrected chi connectivity index (χ0v) is 8.56. The van der Waals surface area contributed by atoms with Crippen molar-refractivity contribution in [1.29, 1.82) is 0 Å². The van der Waals surface area contributed by atoms with Crippen molar-refractivity contribution in [1.82, 2.24) is 0 Å². The van der Waals surface area contributed by atoms with Gasteiger partial charge in [-0.3, -0.25) is 0 Å². The van der Waals surface area contributed by atoms with Gasteiger partial charge in [0, 0.05) is 0 Å². The average molecular weight is 226 g/mol. The van der Waals surface area contributed by atoms with E-state index in [-0.39, 0.29) is 25.4 Å². The summed E-state index contributed by atoms with van der Waals surface area (Å²) in [6.45, 7) is 2.90. The minimum Gasteiger partial charge on any atom is -0.545 e. The van der Waals surface area contributed by atoms with Gasteiger partial charge in [-0.15, -0.1) is 0 Å². The van der Waals surface area contributed by atoms with Crippen LogP contribution in [0.1, 0.15) is 0 Å². The lowest BCUT2D eigenvalue weighted by Gasteiger charge is -2.15. The van der Waals surface area contributed by atoms with E-state index in [1.807, 2.05) is 0 Å². The zero-order chi connectivity index (χ0) is 11.6. The van der Waals surface area contributed by atoms with Crippen molar-refractivity contribution in [2.24, 2.45) is 0 Å². The number of hydrogen-bond acceptors (Lipinski definition) is 6. The Balaban J connectivity index is 0. The number of carboxylic acids is 1. The fraction of sp³-hybridized carbons (Fsp3) is 0.571. The first kappa shape index (κ1) is 15.9. The first-order valence-electron chi connectivity index (χ1n) is 3.63. The van der Waals surface area contributed by atoms with Gasteiger partial charge < -0.3 is 30.3 Å². The number of carbonyl (C=O) groups is 1. The van der Waals surface area contributed by atoms with Crippen LogP contribution in [-0.2, 0) is 4.79 Å². The van der Waals surface area contributed by atoms with Crippen molar-refractivity contribution in [2.75, 3.05) is 25.4 Å². The van der Waals surface area contributed by atoms with Gasteiger partial charge in [-0.1, -0.05) is 6.58 Å². The van der Waals surface area contributed by atoms with Crippen LogP contribution in [0, 0.1) is 0 Å². The maximum Gasteiger partial charge on any atom is 0.161 e. The Hall–Kier alpha value is -0.520. The maximum atomic E-state index is 9.14. The van der Waals surface area contributed by atoms with Gasteiger partial charge in [0.15, 0.2) is 25.4 Å². The molecule has 0 aromatic heterocycles. The molecule has 0 saturated carbocycles. The van der Waals surface area contributed by atoms with Crippen molar-refractivity contribution >= 4 is 13.2 Å². The third-order valence-corrected chi connectivity index (χ3v) is 3.77. The molecule has 0 aliphatic rings. The standard InChI is InChI=1S/C4H12O4P.C3H4O2/c5-1-9(2-6,3-7)4-8;1-2-3(4)5/h5-8H,1-4H2;2H,1H2,(H,4,5)/q+1;/p-1. The van der Waals surface area contributed by atoms with Crippen molar-refractivity contribution < 1.29 is 30.3 Å². The van der Waals surface area contributed by atoms with Crippen LogP contribution in [0.3, 0.4) is 0 Å². The molecule has 0 atom stereocenters. The fourth-order valence-electron chi connectivity index (χ4n) is 0.268. The van der Waals surface area contributed by atoms with Crippen molar-refractivity contribution in [3.63, 3.8) is 0 Å². The molecule has 14 heavy (non-hydrogen) atoms. The molecule has 0 amide bonds. The molecule has 0 aromatic rings. The molecule has 0 radical (unpaired) electrons. The topological polar surface area (TPSA) is 121 Å². The van der Waals surface area contributed by atoms with E-state index < -0.39 is 13.2 Å². The Morgan fingerprint density at radius 3 is 1.36 bits per heavy atom. The van der Waals surface area contributed by atoms with E-state index >= 15 is 0 Å². The molecule has 0 fully saturated rings. The van der Waals surface area contributed by atoms with E-state index in [1.54, 1.807) is 0 Å². The van der Waals surface area contributed by atoms with Gasteiger partial charge in [0.25, 0.3) is 0 Å². The van der Waals surface area contributed by atoms with E-state index in [0.29, 0.717) is 0 Å². The van der Waals surface area contributed by atoms with Crippen molar-refractivity contribution in [3.8, 4) is 0 Å². The predicted molar refractivity (Wildman–Crippen MR) is 50.5 cm³/mol. The highest BCUT2D eigenvalue weighted by Crippen LogP contribution is 2.54. The van der Waals surface area contributed by atoms with Crippen LogP contribution < -0.4 is 5.11 Å². The Morgan fingerprint density at radius 2 is 1.36 bits per heavy atom. The minimum absolute atomic E-state index is 0.295. The van der Waals surface area contributed by atoms with Gasteiger partial charge >= 0.3 is 0 Å². The normalized spacial score (nSPS) is 10.0. The van der Waals surface area contributed by atoms with Gasteiger partial charge in [0.05, 0.1) is 5.97 Å². The number of carboxylic acid groups (broad SMARTS) is 1. The zero-order valence-electron chi connectivity index (χ0n) is 7.67. The third kappa shape index (κ3) is 6.94. The van der Waals surface area contributed by atoms with Gasteiger partial charge in [-0.25, -0.2) is 0 Å². The summed E-state index contributed by atoms with van der Waals surface area (Å²) in [4.78, 5) is 9.14. The van der Waals surface area contributed by atoms with Gasteiger partial charge in [0.2, 0.25) is 0 Å². The molecule has 84 valence electrons. The van der Waals surface area contributed by atoms with Crippen LogP contribution in [0.15, 0.2) is 12.7 Å². The number of aliphatic hydroxyl groups is 4. The molecular weight excluding hydrogens is 211 g/mol. The minimum atomic E-state index is -2.20. The second-order valence-electron chi connectivity index (χ2n) is 2.43. The van der Waals surface area contributed by atoms with Crippen molar-refractivity contribution in [3.05, 3.63) is 12.7 Å². The van der Waals surface area contributed by atoms with E-state index in [2.05, 4.69) is 6.58 Å². The number of rotatable bonds is 5. The maximum absolute atomic E-state index is 9.14. The summed E-state index contributed by atoms with van der Waals surface area (Å²) < 4.78 is 0. The Labute approximate surface area is 82.5 Å². The first-order chi connectivity index (χ1) is 6.51. The summed E-state index contributed by atoms with van der Waals surface area (Å²) in [5, 5.41) is 43.3. The summed E-state index contributed by atoms with van der Waals surface area (Å²) in [5.74, 6) is -1.23. The molecule has 4 N–H and O–H groups in total. The quantitative estimate of drug-likeness (QED) is 0.309. The Kier molecular flexibility index (Phi) is 10.3. The highest BCUT2D eigenvalue weighted by Gasteiger charge is 2.34. The van der Waals surface area contributed by atoms with Crippen LogP contribution in [0.5, 0.6) is 0 Å². The van der Waals surface area contributed by atoms with Crippen molar-refractivity contribution in [2.45, 2.75) is 0 Å². The lowest BCUT2D eigenvalue weighted by atomic mass is 10.7. The molecule has 0 heterocycles. The molecule has 0 rings (SSSR count). The third-order valence-electron chi connectivity index (χ3n) is 1.37. The predicted octanol–water partition coefficient (Wildman–Crippen LogP) is -2.27. The lowest BCUT2D eigenvalue weighted by molar-refractivity contribution is -0.297. The number of aliphatic carboxylic acids is 1. The largest absolute Gasteiger partial charge is 0.545 e. The smallest absolute Gasteiger partial charge is 0.161 e. The van der Waals surface area contributed by atoms with Crippen LogP contribution >= 0.6 is 7.26 Å². The summed E-state index contributed by atoms with van der Waals surface area (Å²) >= 11 is 0. The summed E-state index contributed by atoms with van der Waals surface area (Å²) in [7, 11) is -2.20. The molecule has 0 aromatic carbocycles. The SMILES string of the molecule is C=CC(=O)[O-].OC[P+](CO)(CO)CO. The van der Waals surface area contributed by atoms with Crippen LogP contribution in [-0.4, -0.2) is 51.8 Å². The highest BCUT2D eigenvalue weighted by atomic mass is 31.2. The fourth-order valence-corrected chi connectivity index (χ4v) is 0.805. The molecule has 0 aliphatic carbocycles. The summed E-state index contributed by atoms with van der Waals surface area (Å²) in [6, 6.07) is 0. The summed E-state index contributed by atoms with van der Waals surface area (Å²) in [6.07, 6.45) is -0.458. The molecular formula is C7H15O6P. The van der Waals surface area contributed by atoms with Gasteiger partial charge in [-0.05, 0) is 6.08 Å². The molecule has 0 spiro atoms. The molecule has 0 saturated heterocycles. The number of hydrogen-bond donors (Lipinski definition) is 4. The highest BCUT2D eigenvalue weighted by molar-refractivity contribution is 7.75. The van der Waals surface area contributed by atoms with E-state index in [9.17, 15) is 0 Å². The molecule has 0 aliphatic heterocycles. The van der Waals surface area contributed by atoms with Gasteiger partial charge in [-0.2, -0.15) is 0 Å². The van der Waals surface area contributed by atoms with E-state index in [1.165, 1.54) is 0 Å². The van der Waals surface area contributed by atoms with Crippen LogP contribution in [0.25, 0.3) is 0 Å². The first-order valence-corrected chi connectivity index (χ1v) is 6.16. The number of aliphatic hydroxyl groups excluding tert-OH is 4. The van der Waals surface area contributed by atoms with E-state index in [0.717, 1.165) is 6.08 Å². The molecule has 0 unspecified atom stereocenters. The van der Waals surface area contributed by atoms with Crippen LogP contribution in [0.2, 0.25) is 0 Å². The van der Waals surface area contributed by atoms with E-state index in [4.69, 9.17) is 30.3 Å². The Morgan fingerprint density at radius 1 is 1.14 bits per heavy atom. The second-order valence-corrected chi connectivity index (χ2v) is 6.25. The molecule has 0 bridgehead atoms. The summed E-state index contributed by atoms with van der Waals surface area (Å²) in [5.41, 5.74) is 0. The molecule has 6 nitrogen and oxygen atoms in total. The molecule has 7 heteroatoms. The van der Waals surface area contributed by atoms with Gasteiger partial charge in [0.1, 0.15) is 7.26 Å². The lowest BCUT2D eigenvalue weighted by Crippen LogP contribution is -2.17. The van der Waals surface area contributed by atoms with Crippen LogP contribution in [0.4, 0.5) is 0 Å². The second kappa shape index (κ2) is 9.05. The number of carbonyl (C=O) groups excluding carboxylic acids is 1. The average Bonchev–Trinajstić information content (AvgIpc) is 2.23. The Bertz CT molecular complexity index is 150. The monoisotopic (exact) mass is 226 g/mol.